The van der Waals surface area contributed by atoms with Crippen LogP contribution >= 0.6 is 0 Å². The molecule has 0 aromatic heterocycles. The highest BCUT2D eigenvalue weighted by atomic mass is 16.5. The highest BCUT2D eigenvalue weighted by molar-refractivity contribution is 5.86. The first kappa shape index (κ1) is 14.9. The fourth-order valence-corrected chi connectivity index (χ4v) is 1.05. The summed E-state index contributed by atoms with van der Waals surface area (Å²) in [4.78, 5) is 22.4. The lowest BCUT2D eigenvalue weighted by Crippen LogP contribution is -2.51. The molecule has 16 heavy (non-hydrogen) atoms. The van der Waals surface area contributed by atoms with Gasteiger partial charge in [0.05, 0.1) is 12.7 Å². The molecule has 0 saturated heterocycles. The molecule has 0 aromatic rings. The van der Waals surface area contributed by atoms with Crippen molar-refractivity contribution in [1.82, 2.24) is 5.32 Å². The maximum atomic E-state index is 11.4. The van der Waals surface area contributed by atoms with Crippen molar-refractivity contribution in [2.24, 2.45) is 0 Å². The van der Waals surface area contributed by atoms with Crippen LogP contribution in [0.1, 0.15) is 40.5 Å². The first-order valence-electron chi connectivity index (χ1n) is 5.48. The van der Waals surface area contributed by atoms with Crippen molar-refractivity contribution in [2.45, 2.75) is 52.2 Å². The second kappa shape index (κ2) is 6.48. The molecule has 0 bridgehead atoms. The molecule has 0 aromatic carbocycles. The Morgan fingerprint density at radius 3 is 2.38 bits per heavy atom. The largest absolute Gasteiger partial charge is 0.480 e. The van der Waals surface area contributed by atoms with E-state index in [1.165, 1.54) is 6.92 Å². The predicted octanol–water partition coefficient (Wildman–Crippen LogP) is 1.17. The molecule has 0 aliphatic heterocycles. The van der Waals surface area contributed by atoms with Crippen LogP contribution in [0.5, 0.6) is 0 Å². The van der Waals surface area contributed by atoms with Gasteiger partial charge in [0, 0.05) is 6.42 Å². The molecular formula is C11H21NO4. The number of carboxylic acid groups (broad SMARTS) is 1. The van der Waals surface area contributed by atoms with Gasteiger partial charge in [0.2, 0.25) is 5.91 Å². The number of carboxylic acids is 1. The maximum absolute atomic E-state index is 11.4. The Morgan fingerprint density at radius 2 is 2.00 bits per heavy atom. The Labute approximate surface area is 96.2 Å². The summed E-state index contributed by atoms with van der Waals surface area (Å²) in [5.41, 5.74) is -1.19. The second-order valence-corrected chi connectivity index (χ2v) is 4.21. The van der Waals surface area contributed by atoms with E-state index in [1.54, 1.807) is 6.92 Å². The minimum atomic E-state index is -1.19. The number of hydrogen-bond acceptors (Lipinski definition) is 3. The quantitative estimate of drug-likeness (QED) is 0.689. The summed E-state index contributed by atoms with van der Waals surface area (Å²) in [6.45, 7) is 7.29. The van der Waals surface area contributed by atoms with E-state index in [2.05, 4.69) is 5.32 Å². The summed E-state index contributed by atoms with van der Waals surface area (Å²) >= 11 is 0. The van der Waals surface area contributed by atoms with E-state index >= 15 is 0 Å². The minimum Gasteiger partial charge on any atom is -0.480 e. The fraction of sp³-hybridized carbons (Fsp3) is 0.818. The highest BCUT2D eigenvalue weighted by Crippen LogP contribution is 2.09. The van der Waals surface area contributed by atoms with E-state index in [9.17, 15) is 9.59 Å². The van der Waals surface area contributed by atoms with Crippen LogP contribution in [-0.4, -0.2) is 35.2 Å². The van der Waals surface area contributed by atoms with Crippen molar-refractivity contribution in [1.29, 1.82) is 0 Å². The standard InChI is InChI=1S/C11H21NO4/c1-5-11(4,10(14)15)12-9(13)6-7-16-8(2)3/h8H,5-7H2,1-4H3,(H,12,13)(H,14,15). The van der Waals surface area contributed by atoms with Crippen molar-refractivity contribution in [2.75, 3.05) is 6.61 Å². The molecular weight excluding hydrogens is 210 g/mol. The van der Waals surface area contributed by atoms with Crippen LogP contribution in [-0.2, 0) is 14.3 Å². The summed E-state index contributed by atoms with van der Waals surface area (Å²) in [6.07, 6.45) is 0.602. The Bertz CT molecular complexity index is 252. The Balaban J connectivity index is 4.07. The smallest absolute Gasteiger partial charge is 0.329 e. The van der Waals surface area contributed by atoms with Crippen molar-refractivity contribution in [3.63, 3.8) is 0 Å². The molecule has 2 N–H and O–H groups in total. The number of rotatable bonds is 7. The van der Waals surface area contributed by atoms with Gasteiger partial charge in [-0.3, -0.25) is 4.79 Å². The van der Waals surface area contributed by atoms with Crippen LogP contribution in [0.3, 0.4) is 0 Å². The molecule has 0 rings (SSSR count). The third-order valence-electron chi connectivity index (χ3n) is 2.37. The van der Waals surface area contributed by atoms with Crippen LogP contribution in [0.2, 0.25) is 0 Å². The summed E-state index contributed by atoms with van der Waals surface area (Å²) in [7, 11) is 0. The van der Waals surface area contributed by atoms with E-state index in [4.69, 9.17) is 9.84 Å². The normalized spacial score (nSPS) is 14.6. The molecule has 0 fully saturated rings. The lowest BCUT2D eigenvalue weighted by molar-refractivity contribution is -0.147. The van der Waals surface area contributed by atoms with Gasteiger partial charge in [-0.1, -0.05) is 6.92 Å². The number of carbonyl (C=O) groups is 2. The number of amides is 1. The Hall–Kier alpha value is -1.10. The lowest BCUT2D eigenvalue weighted by atomic mass is 9.99. The van der Waals surface area contributed by atoms with Gasteiger partial charge in [-0.2, -0.15) is 0 Å². The Morgan fingerprint density at radius 1 is 1.44 bits per heavy atom. The van der Waals surface area contributed by atoms with Crippen LogP contribution in [0.4, 0.5) is 0 Å². The van der Waals surface area contributed by atoms with Gasteiger partial charge in [-0.25, -0.2) is 4.79 Å². The van der Waals surface area contributed by atoms with Crippen molar-refractivity contribution < 1.29 is 19.4 Å². The van der Waals surface area contributed by atoms with Gasteiger partial charge < -0.3 is 15.2 Å². The zero-order valence-corrected chi connectivity index (χ0v) is 10.4. The summed E-state index contributed by atoms with van der Waals surface area (Å²) in [5.74, 6) is -1.32. The van der Waals surface area contributed by atoms with Crippen molar-refractivity contribution in [3.05, 3.63) is 0 Å². The van der Waals surface area contributed by atoms with Crippen molar-refractivity contribution in [3.8, 4) is 0 Å². The van der Waals surface area contributed by atoms with Crippen molar-refractivity contribution >= 4 is 11.9 Å². The van der Waals surface area contributed by atoms with Gasteiger partial charge in [0.25, 0.3) is 0 Å². The molecule has 94 valence electrons. The summed E-state index contributed by atoms with van der Waals surface area (Å²) < 4.78 is 5.21. The van der Waals surface area contributed by atoms with E-state index in [0.29, 0.717) is 13.0 Å². The molecule has 0 aliphatic rings. The zero-order chi connectivity index (χ0) is 12.8. The van der Waals surface area contributed by atoms with Gasteiger partial charge in [0.1, 0.15) is 5.54 Å². The molecule has 0 heterocycles. The minimum absolute atomic E-state index is 0.0739. The third kappa shape index (κ3) is 5.11. The number of ether oxygens (including phenoxy) is 1. The van der Waals surface area contributed by atoms with Crippen LogP contribution in [0.25, 0.3) is 0 Å². The monoisotopic (exact) mass is 231 g/mol. The molecule has 1 atom stereocenters. The number of aliphatic carboxylic acids is 1. The van der Waals surface area contributed by atoms with Gasteiger partial charge >= 0.3 is 5.97 Å². The highest BCUT2D eigenvalue weighted by Gasteiger charge is 2.32. The molecule has 5 heteroatoms. The lowest BCUT2D eigenvalue weighted by Gasteiger charge is -2.24. The topological polar surface area (TPSA) is 75.6 Å². The summed E-state index contributed by atoms with van der Waals surface area (Å²) in [5, 5.41) is 11.4. The SMILES string of the molecule is CCC(C)(NC(=O)CCOC(C)C)C(=O)O. The molecule has 5 nitrogen and oxygen atoms in total. The molecule has 0 aliphatic carbocycles. The molecule has 0 spiro atoms. The number of carbonyl (C=O) groups excluding carboxylic acids is 1. The number of nitrogens with one attached hydrogen (secondary N) is 1. The predicted molar refractivity (Wildman–Crippen MR) is 60.2 cm³/mol. The summed E-state index contributed by atoms with van der Waals surface area (Å²) in [6, 6.07) is 0. The van der Waals surface area contributed by atoms with E-state index < -0.39 is 11.5 Å². The molecule has 1 amide bonds. The van der Waals surface area contributed by atoms with E-state index in [1.807, 2.05) is 13.8 Å². The molecule has 0 radical (unpaired) electrons. The average Bonchev–Trinajstić information content (AvgIpc) is 2.16. The van der Waals surface area contributed by atoms with Crippen LogP contribution in [0.15, 0.2) is 0 Å². The van der Waals surface area contributed by atoms with E-state index in [0.717, 1.165) is 0 Å². The fourth-order valence-electron chi connectivity index (χ4n) is 1.05. The zero-order valence-electron chi connectivity index (χ0n) is 10.4. The second-order valence-electron chi connectivity index (χ2n) is 4.21. The average molecular weight is 231 g/mol. The molecule has 0 saturated carbocycles. The third-order valence-corrected chi connectivity index (χ3v) is 2.37. The first-order valence-corrected chi connectivity index (χ1v) is 5.48. The van der Waals surface area contributed by atoms with Gasteiger partial charge in [-0.05, 0) is 27.2 Å². The van der Waals surface area contributed by atoms with Crippen LogP contribution < -0.4 is 5.32 Å². The van der Waals surface area contributed by atoms with E-state index in [-0.39, 0.29) is 18.4 Å². The van der Waals surface area contributed by atoms with Gasteiger partial charge in [0.15, 0.2) is 0 Å². The van der Waals surface area contributed by atoms with Crippen LogP contribution in [0, 0.1) is 0 Å². The molecule has 1 unspecified atom stereocenters. The van der Waals surface area contributed by atoms with Gasteiger partial charge in [-0.15, -0.1) is 0 Å². The Kier molecular flexibility index (Phi) is 6.03. The first-order chi connectivity index (χ1) is 7.31. The maximum Gasteiger partial charge on any atom is 0.329 e. The number of hydrogen-bond donors (Lipinski definition) is 2.